The van der Waals surface area contributed by atoms with Crippen LogP contribution in [0.1, 0.15) is 37.7 Å². The Bertz CT molecular complexity index is 929. The van der Waals surface area contributed by atoms with E-state index < -0.39 is 5.97 Å². The molecule has 0 saturated heterocycles. The van der Waals surface area contributed by atoms with Gasteiger partial charge in [-0.1, -0.05) is 23.7 Å². The number of carbonyl (C=O) groups excluding carboxylic acids is 3. The number of hydrogen-bond donors (Lipinski definition) is 2. The van der Waals surface area contributed by atoms with Gasteiger partial charge in [-0.05, 0) is 47.4 Å². The highest BCUT2D eigenvalue weighted by Gasteiger charge is 2.44. The van der Waals surface area contributed by atoms with E-state index in [1.807, 2.05) is 12.1 Å². The number of ether oxygens (including phenoxy) is 1. The van der Waals surface area contributed by atoms with E-state index in [1.54, 1.807) is 23.9 Å². The lowest BCUT2D eigenvalue weighted by molar-refractivity contribution is -0.148. The van der Waals surface area contributed by atoms with E-state index in [0.29, 0.717) is 17.4 Å². The number of thioether (sulfide) groups is 1. The van der Waals surface area contributed by atoms with Crippen molar-refractivity contribution in [2.24, 2.45) is 10.9 Å². The molecule has 0 fully saturated rings. The fourth-order valence-corrected chi connectivity index (χ4v) is 5.47. The number of allylic oxidation sites excluding steroid dienone is 1. The van der Waals surface area contributed by atoms with Crippen molar-refractivity contribution < 1.29 is 19.1 Å². The number of carbonyl (C=O) groups is 3. The third kappa shape index (κ3) is 4.87. The van der Waals surface area contributed by atoms with Crippen LogP contribution in [0, 0.1) is 5.92 Å². The molecule has 30 heavy (non-hydrogen) atoms. The molecule has 1 aromatic carbocycles. The molecule has 2 heterocycles. The van der Waals surface area contributed by atoms with Crippen LogP contribution in [-0.2, 0) is 25.7 Å². The van der Waals surface area contributed by atoms with Crippen molar-refractivity contribution >= 4 is 47.0 Å². The van der Waals surface area contributed by atoms with Crippen LogP contribution < -0.4 is 10.6 Å². The van der Waals surface area contributed by atoms with Gasteiger partial charge in [-0.3, -0.25) is 19.4 Å². The highest BCUT2D eigenvalue weighted by molar-refractivity contribution is 8.04. The molecule has 0 bridgehead atoms. The van der Waals surface area contributed by atoms with E-state index in [9.17, 15) is 14.4 Å². The standard InChI is InChI=1S/C21H22ClN3O4S/c22-13-6-4-12(5-7-13)10-23-17(26)11-29-18(27)9-8-16-24-20(28)19-14-2-1-3-15(14)30-21(19)25-16/h4-7,19,21H,1-3,8-11H2,(H,23,26)(H,24,25,28)/t19-,21+/m1/s1. The number of nitrogens with zero attached hydrogens (tertiary/aromatic N) is 1. The van der Waals surface area contributed by atoms with Crippen molar-refractivity contribution in [3.8, 4) is 0 Å². The van der Waals surface area contributed by atoms with Crippen molar-refractivity contribution in [1.29, 1.82) is 0 Å². The van der Waals surface area contributed by atoms with Crippen molar-refractivity contribution in [1.82, 2.24) is 10.6 Å². The molecule has 158 valence electrons. The van der Waals surface area contributed by atoms with Gasteiger partial charge in [-0.15, -0.1) is 11.8 Å². The number of rotatable bonds is 7. The van der Waals surface area contributed by atoms with Gasteiger partial charge in [0.1, 0.15) is 11.2 Å². The van der Waals surface area contributed by atoms with Gasteiger partial charge < -0.3 is 15.4 Å². The van der Waals surface area contributed by atoms with Crippen LogP contribution in [0.25, 0.3) is 0 Å². The molecule has 0 unspecified atom stereocenters. The summed E-state index contributed by atoms with van der Waals surface area (Å²) in [6.07, 6.45) is 3.47. The first kappa shape index (κ1) is 20.9. The molecule has 1 aliphatic carbocycles. The lowest BCUT2D eigenvalue weighted by atomic mass is 9.96. The molecule has 0 aromatic heterocycles. The van der Waals surface area contributed by atoms with Crippen molar-refractivity contribution in [2.75, 3.05) is 6.61 Å². The molecular formula is C21H22ClN3O4S. The Morgan fingerprint density at radius 1 is 1.27 bits per heavy atom. The second-order valence-electron chi connectivity index (χ2n) is 7.42. The minimum absolute atomic E-state index is 0.0284. The number of hydrogen-bond acceptors (Lipinski definition) is 6. The first-order valence-corrected chi connectivity index (χ1v) is 11.2. The summed E-state index contributed by atoms with van der Waals surface area (Å²) in [6.45, 7) is -0.0168. The van der Waals surface area contributed by atoms with E-state index in [0.717, 1.165) is 24.8 Å². The summed E-state index contributed by atoms with van der Waals surface area (Å²) in [5, 5.41) is 6.03. The zero-order valence-electron chi connectivity index (χ0n) is 16.3. The molecule has 7 nitrogen and oxygen atoms in total. The topological polar surface area (TPSA) is 96.9 Å². The van der Waals surface area contributed by atoms with Crippen molar-refractivity contribution in [3.63, 3.8) is 0 Å². The van der Waals surface area contributed by atoms with Gasteiger partial charge >= 0.3 is 5.97 Å². The second kappa shape index (κ2) is 9.22. The number of esters is 1. The van der Waals surface area contributed by atoms with Gasteiger partial charge in [0.15, 0.2) is 6.61 Å². The van der Waals surface area contributed by atoms with E-state index in [4.69, 9.17) is 16.3 Å². The van der Waals surface area contributed by atoms with Gasteiger partial charge in [-0.2, -0.15) is 0 Å². The second-order valence-corrected chi connectivity index (χ2v) is 9.06. The number of aliphatic imine (C=N–C) groups is 1. The number of amides is 2. The van der Waals surface area contributed by atoms with Gasteiger partial charge in [0, 0.05) is 18.0 Å². The van der Waals surface area contributed by atoms with Gasteiger partial charge in [0.25, 0.3) is 5.91 Å². The van der Waals surface area contributed by atoms with Crippen LogP contribution >= 0.6 is 23.4 Å². The normalized spacial score (nSPS) is 22.2. The number of halogens is 1. The Labute approximate surface area is 183 Å². The summed E-state index contributed by atoms with van der Waals surface area (Å²) in [5.74, 6) is -0.561. The first-order chi connectivity index (χ1) is 14.5. The zero-order valence-corrected chi connectivity index (χ0v) is 17.9. The molecule has 3 aliphatic rings. The Kier molecular flexibility index (Phi) is 6.43. The van der Waals surface area contributed by atoms with E-state index in [2.05, 4.69) is 15.6 Å². The predicted molar refractivity (Wildman–Crippen MR) is 115 cm³/mol. The Morgan fingerprint density at radius 3 is 2.87 bits per heavy atom. The maximum atomic E-state index is 12.5. The minimum atomic E-state index is -0.504. The number of benzene rings is 1. The number of fused-ring (bicyclic) bond motifs is 2. The predicted octanol–water partition coefficient (Wildman–Crippen LogP) is 2.94. The van der Waals surface area contributed by atoms with Crippen LogP contribution in [0.3, 0.4) is 0 Å². The largest absolute Gasteiger partial charge is 0.456 e. The molecule has 9 heteroatoms. The van der Waals surface area contributed by atoms with E-state index in [1.165, 1.54) is 10.5 Å². The summed E-state index contributed by atoms with van der Waals surface area (Å²) in [5.41, 5.74) is 2.14. The quantitative estimate of drug-likeness (QED) is 0.626. The fourth-order valence-electron chi connectivity index (χ4n) is 3.80. The highest BCUT2D eigenvalue weighted by atomic mass is 35.5. The Balaban J connectivity index is 1.18. The molecule has 4 rings (SSSR count). The molecule has 0 radical (unpaired) electrons. The monoisotopic (exact) mass is 447 g/mol. The lowest BCUT2D eigenvalue weighted by Gasteiger charge is -2.25. The summed E-state index contributed by atoms with van der Waals surface area (Å²) < 4.78 is 5.02. The van der Waals surface area contributed by atoms with Crippen LogP contribution in [0.2, 0.25) is 5.02 Å². The van der Waals surface area contributed by atoms with Crippen molar-refractivity contribution in [3.05, 3.63) is 45.3 Å². The van der Waals surface area contributed by atoms with Crippen LogP contribution in [0.15, 0.2) is 39.7 Å². The zero-order chi connectivity index (χ0) is 21.1. The number of amidine groups is 1. The summed E-state index contributed by atoms with van der Waals surface area (Å²) in [7, 11) is 0. The third-order valence-electron chi connectivity index (χ3n) is 5.30. The average molecular weight is 448 g/mol. The van der Waals surface area contributed by atoms with Crippen LogP contribution in [0.4, 0.5) is 0 Å². The van der Waals surface area contributed by atoms with E-state index in [-0.39, 0.29) is 42.6 Å². The molecule has 2 N–H and O–H groups in total. The van der Waals surface area contributed by atoms with Gasteiger partial charge in [0.2, 0.25) is 5.91 Å². The summed E-state index contributed by atoms with van der Waals surface area (Å²) >= 11 is 7.50. The van der Waals surface area contributed by atoms with Crippen molar-refractivity contribution in [2.45, 2.75) is 44.0 Å². The highest BCUT2D eigenvalue weighted by Crippen LogP contribution is 2.51. The molecule has 2 amide bonds. The summed E-state index contributed by atoms with van der Waals surface area (Å²) in [6, 6.07) is 7.11. The fraction of sp³-hybridized carbons (Fsp3) is 0.429. The SMILES string of the molecule is O=C(COC(=O)CCC1=N[C@H]2SC3=C(CCC3)[C@@H]2C(=O)N1)NCc1ccc(Cl)cc1. The average Bonchev–Trinajstić information content (AvgIpc) is 3.31. The molecular weight excluding hydrogens is 426 g/mol. The maximum Gasteiger partial charge on any atom is 0.306 e. The Hall–Kier alpha value is -2.32. The van der Waals surface area contributed by atoms with Crippen LogP contribution in [0.5, 0.6) is 0 Å². The molecule has 2 aliphatic heterocycles. The first-order valence-electron chi connectivity index (χ1n) is 9.92. The lowest BCUT2D eigenvalue weighted by Crippen LogP contribution is -2.44. The van der Waals surface area contributed by atoms with E-state index >= 15 is 0 Å². The Morgan fingerprint density at radius 2 is 2.07 bits per heavy atom. The molecule has 2 atom stereocenters. The van der Waals surface area contributed by atoms with Gasteiger partial charge in [-0.25, -0.2) is 0 Å². The maximum absolute atomic E-state index is 12.5. The van der Waals surface area contributed by atoms with Gasteiger partial charge in [0.05, 0.1) is 12.3 Å². The number of nitrogens with one attached hydrogen (secondary N) is 2. The van der Waals surface area contributed by atoms with Crippen LogP contribution in [-0.4, -0.2) is 35.6 Å². The molecule has 0 saturated carbocycles. The molecule has 0 spiro atoms. The smallest absolute Gasteiger partial charge is 0.306 e. The minimum Gasteiger partial charge on any atom is -0.456 e. The third-order valence-corrected chi connectivity index (χ3v) is 6.92. The summed E-state index contributed by atoms with van der Waals surface area (Å²) in [4.78, 5) is 42.2. The molecule has 1 aromatic rings.